The summed E-state index contributed by atoms with van der Waals surface area (Å²) in [6.45, 7) is 1.11. The van der Waals surface area contributed by atoms with Crippen LogP contribution in [-0.2, 0) is 24.3 Å². The quantitative estimate of drug-likeness (QED) is 0.408. The molecule has 2 aromatic heterocycles. The van der Waals surface area contributed by atoms with Crippen molar-refractivity contribution in [2.75, 3.05) is 0 Å². The molecular weight excluding hydrogens is 472 g/mol. The van der Waals surface area contributed by atoms with Crippen LogP contribution < -0.4 is 21.7 Å². The predicted octanol–water partition coefficient (Wildman–Crippen LogP) is 3.01. The Morgan fingerprint density at radius 1 is 0.784 bits per heavy atom. The Balaban J connectivity index is 1.33. The molecule has 4 aromatic carbocycles. The van der Waals surface area contributed by atoms with Crippen molar-refractivity contribution in [3.05, 3.63) is 112 Å². The highest BCUT2D eigenvalue weighted by atomic mass is 16.3. The van der Waals surface area contributed by atoms with Crippen LogP contribution in [0, 0.1) is 0 Å². The zero-order valence-corrected chi connectivity index (χ0v) is 19.4. The van der Waals surface area contributed by atoms with Crippen LogP contribution >= 0.6 is 0 Å². The Hall–Kier alpha value is -4.85. The first kappa shape index (κ1) is 21.4. The van der Waals surface area contributed by atoms with Gasteiger partial charge in [0.05, 0.1) is 17.3 Å². The lowest BCUT2D eigenvalue weighted by Crippen LogP contribution is -2.25. The summed E-state index contributed by atoms with van der Waals surface area (Å²) in [5, 5.41) is 0.332. The summed E-state index contributed by atoms with van der Waals surface area (Å²) in [4.78, 5) is 70.8. The third-order valence-corrected chi connectivity index (χ3v) is 7.38. The first-order valence-electron chi connectivity index (χ1n) is 11.9. The molecule has 6 aromatic rings. The molecule has 0 fully saturated rings. The number of rotatable bonds is 3. The Morgan fingerprint density at radius 2 is 1.43 bits per heavy atom. The summed E-state index contributed by atoms with van der Waals surface area (Å²) in [6, 6.07) is 13.1. The molecule has 0 saturated carbocycles. The Labute approximate surface area is 207 Å². The summed E-state index contributed by atoms with van der Waals surface area (Å²) in [7, 11) is 0. The number of nitrogens with zero attached hydrogens (tertiary/aromatic N) is 1. The first-order chi connectivity index (χ1) is 17.9. The summed E-state index contributed by atoms with van der Waals surface area (Å²) in [6.07, 6.45) is 2.50. The van der Waals surface area contributed by atoms with Crippen molar-refractivity contribution in [1.82, 2.24) is 9.88 Å². The van der Waals surface area contributed by atoms with Gasteiger partial charge in [-0.2, -0.15) is 0 Å². The number of furan rings is 1. The van der Waals surface area contributed by atoms with E-state index in [1.807, 2.05) is 12.3 Å². The summed E-state index contributed by atoms with van der Waals surface area (Å²) >= 11 is 0. The molecule has 7 rings (SSSR count). The number of hydrogen-bond donors (Lipinski definition) is 1. The third-order valence-electron chi connectivity index (χ3n) is 7.38. The topological polar surface area (TPSA) is 118 Å². The second-order valence-corrected chi connectivity index (χ2v) is 9.48. The van der Waals surface area contributed by atoms with E-state index in [4.69, 9.17) is 4.42 Å². The average molecular weight is 490 g/mol. The molecule has 1 aliphatic heterocycles. The first-order valence-corrected chi connectivity index (χ1v) is 11.9. The number of H-pyrrole nitrogens is 1. The number of aryl methyl sites for hydroxylation is 1. The number of carbonyl (C=O) groups excluding carboxylic acids is 1. The zero-order chi connectivity index (χ0) is 25.4. The highest BCUT2D eigenvalue weighted by Gasteiger charge is 2.25. The Kier molecular flexibility index (Phi) is 4.39. The van der Waals surface area contributed by atoms with Gasteiger partial charge in [0.1, 0.15) is 0 Å². The van der Waals surface area contributed by atoms with Crippen molar-refractivity contribution in [3.8, 4) is 0 Å². The molecule has 0 unspecified atom stereocenters. The van der Waals surface area contributed by atoms with Gasteiger partial charge in [-0.25, -0.2) is 0 Å². The van der Waals surface area contributed by atoms with Gasteiger partial charge in [-0.15, -0.1) is 0 Å². The van der Waals surface area contributed by atoms with Crippen LogP contribution in [0.4, 0.5) is 0 Å². The van der Waals surface area contributed by atoms with Gasteiger partial charge in [0, 0.05) is 46.4 Å². The van der Waals surface area contributed by atoms with Crippen molar-refractivity contribution in [2.45, 2.75) is 25.9 Å². The number of aromatic amines is 1. The van der Waals surface area contributed by atoms with E-state index in [-0.39, 0.29) is 55.8 Å². The van der Waals surface area contributed by atoms with E-state index in [0.717, 1.165) is 16.8 Å². The fourth-order valence-corrected chi connectivity index (χ4v) is 5.48. The molecule has 0 saturated heterocycles. The molecule has 180 valence electrons. The van der Waals surface area contributed by atoms with Crippen LogP contribution in [0.2, 0.25) is 0 Å². The maximum Gasteiger partial charge on any atom is 0.229 e. The molecule has 0 aliphatic carbocycles. The van der Waals surface area contributed by atoms with Crippen LogP contribution in [0.15, 0.2) is 78.3 Å². The van der Waals surface area contributed by atoms with Gasteiger partial charge in [0.15, 0.2) is 22.0 Å². The normalized spacial score (nSPS) is 13.4. The van der Waals surface area contributed by atoms with Crippen molar-refractivity contribution in [3.63, 3.8) is 0 Å². The minimum absolute atomic E-state index is 0.00121. The number of nitrogens with one attached hydrogen (secondary N) is 1. The summed E-state index contributed by atoms with van der Waals surface area (Å²) in [5.41, 5.74) is 0.183. The average Bonchev–Trinajstić information content (AvgIpc) is 3.63. The maximum absolute atomic E-state index is 13.6. The SMILES string of the molecule is O=C(CCc1ccc2c(=O)c3oc4c(=O)c5ccccc5c(=O)c4c3c(=O)c2c1)N1Cc2cc[nH]c2C1. The largest absolute Gasteiger partial charge is 0.447 e. The Morgan fingerprint density at radius 3 is 2.14 bits per heavy atom. The van der Waals surface area contributed by atoms with E-state index in [0.29, 0.717) is 19.5 Å². The second-order valence-electron chi connectivity index (χ2n) is 9.48. The van der Waals surface area contributed by atoms with Gasteiger partial charge < -0.3 is 14.3 Å². The van der Waals surface area contributed by atoms with Gasteiger partial charge in [-0.3, -0.25) is 24.0 Å². The number of benzene rings is 4. The lowest BCUT2D eigenvalue weighted by atomic mass is 9.99. The maximum atomic E-state index is 13.6. The standard InChI is InChI=1S/C29H18N2O6/c32-21(31-12-15-9-10-30-20(15)13-31)8-6-14-5-7-18-19(11-14)25(34)23-22-24(33)16-3-1-2-4-17(16)26(35)28(22)37-29(23)27(18)36/h1-5,7,9-11,30H,6,8,12-13H2. The monoisotopic (exact) mass is 490 g/mol. The van der Waals surface area contributed by atoms with Crippen LogP contribution in [0.3, 0.4) is 0 Å². The fraction of sp³-hybridized carbons (Fsp3) is 0.138. The lowest BCUT2D eigenvalue weighted by Gasteiger charge is -2.15. The molecule has 8 nitrogen and oxygen atoms in total. The second kappa shape index (κ2) is 7.57. The van der Waals surface area contributed by atoms with Gasteiger partial charge >= 0.3 is 0 Å². The number of carbonyl (C=O) groups is 1. The minimum Gasteiger partial charge on any atom is -0.447 e. The molecule has 8 heteroatoms. The van der Waals surface area contributed by atoms with Crippen LogP contribution in [0.1, 0.15) is 23.2 Å². The van der Waals surface area contributed by atoms with Crippen LogP contribution in [-0.4, -0.2) is 15.8 Å². The van der Waals surface area contributed by atoms with Gasteiger partial charge in [0.25, 0.3) is 0 Å². The van der Waals surface area contributed by atoms with Gasteiger partial charge in [-0.05, 0) is 35.7 Å². The van der Waals surface area contributed by atoms with E-state index < -0.39 is 21.7 Å². The van der Waals surface area contributed by atoms with E-state index in [1.54, 1.807) is 35.2 Å². The van der Waals surface area contributed by atoms with Crippen molar-refractivity contribution < 1.29 is 9.21 Å². The van der Waals surface area contributed by atoms with E-state index in [9.17, 15) is 24.0 Å². The number of amides is 1. The van der Waals surface area contributed by atoms with Gasteiger partial charge in [-0.1, -0.05) is 30.3 Å². The number of aromatic nitrogens is 1. The number of hydrogen-bond acceptors (Lipinski definition) is 6. The van der Waals surface area contributed by atoms with E-state index in [1.165, 1.54) is 12.1 Å². The molecule has 0 radical (unpaired) electrons. The van der Waals surface area contributed by atoms with Crippen molar-refractivity contribution in [2.24, 2.45) is 0 Å². The van der Waals surface area contributed by atoms with Gasteiger partial charge in [0.2, 0.25) is 16.8 Å². The highest BCUT2D eigenvalue weighted by Crippen LogP contribution is 2.25. The minimum atomic E-state index is -0.551. The summed E-state index contributed by atoms with van der Waals surface area (Å²) < 4.78 is 5.60. The molecule has 1 aliphatic rings. The molecule has 1 N–H and O–H groups in total. The fourth-order valence-electron chi connectivity index (χ4n) is 5.48. The summed E-state index contributed by atoms with van der Waals surface area (Å²) in [5.74, 6) is -0.00121. The molecular formula is C29H18N2O6. The molecule has 0 bridgehead atoms. The van der Waals surface area contributed by atoms with E-state index >= 15 is 0 Å². The predicted molar refractivity (Wildman–Crippen MR) is 140 cm³/mol. The molecule has 0 spiro atoms. The third kappa shape index (κ3) is 2.99. The van der Waals surface area contributed by atoms with Crippen molar-refractivity contribution in [1.29, 1.82) is 0 Å². The molecule has 37 heavy (non-hydrogen) atoms. The van der Waals surface area contributed by atoms with Crippen molar-refractivity contribution >= 4 is 49.4 Å². The molecule has 3 heterocycles. The number of fused-ring (bicyclic) bond motifs is 6. The van der Waals surface area contributed by atoms with Crippen LogP contribution in [0.25, 0.3) is 43.5 Å². The smallest absolute Gasteiger partial charge is 0.229 e. The Bertz CT molecular complexity index is 2140. The highest BCUT2D eigenvalue weighted by molar-refractivity contribution is 6.12. The van der Waals surface area contributed by atoms with Crippen LogP contribution in [0.5, 0.6) is 0 Å². The van der Waals surface area contributed by atoms with E-state index in [2.05, 4.69) is 4.98 Å². The zero-order valence-electron chi connectivity index (χ0n) is 19.4. The molecule has 0 atom stereocenters. The lowest BCUT2D eigenvalue weighted by molar-refractivity contribution is -0.131. The molecule has 1 amide bonds.